The van der Waals surface area contributed by atoms with Gasteiger partial charge >= 0.3 is 6.36 Å². The maximum absolute atomic E-state index is 12.9. The van der Waals surface area contributed by atoms with Gasteiger partial charge in [-0.05, 0) is 73.2 Å². The number of ether oxygens (including phenoxy) is 2. The van der Waals surface area contributed by atoms with Crippen molar-refractivity contribution in [2.75, 3.05) is 0 Å². The van der Waals surface area contributed by atoms with Crippen LogP contribution in [-0.2, 0) is 16.0 Å². The van der Waals surface area contributed by atoms with Gasteiger partial charge in [-0.1, -0.05) is 13.0 Å². The number of hydrogen-bond acceptors (Lipinski definition) is 4. The number of hydrogen-bond donors (Lipinski definition) is 0. The Labute approximate surface area is 172 Å². The Morgan fingerprint density at radius 1 is 0.900 bits per heavy atom. The molecule has 2 aliphatic rings. The highest BCUT2D eigenvalue weighted by Crippen LogP contribution is 2.45. The summed E-state index contributed by atoms with van der Waals surface area (Å²) in [6, 6.07) is 10.3. The van der Waals surface area contributed by atoms with Gasteiger partial charge in [0.1, 0.15) is 23.2 Å². The van der Waals surface area contributed by atoms with Gasteiger partial charge in [0.2, 0.25) is 0 Å². The topological polar surface area (TPSA) is 52.6 Å². The Morgan fingerprint density at radius 3 is 2.03 bits per heavy atom. The quantitative estimate of drug-likeness (QED) is 0.594. The van der Waals surface area contributed by atoms with Crippen molar-refractivity contribution in [1.29, 1.82) is 0 Å². The van der Waals surface area contributed by atoms with Crippen LogP contribution in [0.25, 0.3) is 0 Å². The largest absolute Gasteiger partial charge is 0.573 e. The molecule has 7 heteroatoms. The molecule has 0 amide bonds. The molecule has 2 atom stereocenters. The summed E-state index contributed by atoms with van der Waals surface area (Å²) in [6.07, 6.45) is -1.87. The van der Waals surface area contributed by atoms with Crippen molar-refractivity contribution in [3.8, 4) is 17.2 Å². The van der Waals surface area contributed by atoms with Gasteiger partial charge in [0.15, 0.2) is 11.6 Å². The molecule has 4 rings (SSSR count). The van der Waals surface area contributed by atoms with E-state index in [-0.39, 0.29) is 29.2 Å². The average Bonchev–Trinajstić information content (AvgIpc) is 3.15. The van der Waals surface area contributed by atoms with Gasteiger partial charge < -0.3 is 9.47 Å². The van der Waals surface area contributed by atoms with E-state index in [4.69, 9.17) is 4.74 Å². The molecule has 0 radical (unpaired) electrons. The predicted octanol–water partition coefficient (Wildman–Crippen LogP) is 5.59. The Bertz CT molecular complexity index is 943. The van der Waals surface area contributed by atoms with Crippen LogP contribution < -0.4 is 9.47 Å². The molecule has 2 aromatic rings. The second-order valence-corrected chi connectivity index (χ2v) is 7.78. The second kappa shape index (κ2) is 7.78. The highest BCUT2D eigenvalue weighted by molar-refractivity contribution is 6.12. The highest BCUT2D eigenvalue weighted by atomic mass is 19.4. The fourth-order valence-corrected chi connectivity index (χ4v) is 4.49. The van der Waals surface area contributed by atoms with E-state index in [9.17, 15) is 22.8 Å². The molecular formula is C23H21F3O4. The standard InChI is InChI=1S/C23H21F3O4/c1-2-13-5-6-18(29-16-7-9-17(10-8-16)30-23(24,25)26)12-19(13)20-21(27)14-3-4-15(11-14)22(20)28/h5-10,12,14-15,20H,2-4,11H2,1H3. The first-order valence-corrected chi connectivity index (χ1v) is 9.99. The number of Topliss-reactive ketones (excluding diaryl/α,β-unsaturated/α-hetero) is 2. The average molecular weight is 418 g/mol. The summed E-state index contributed by atoms with van der Waals surface area (Å²) in [4.78, 5) is 25.8. The molecule has 0 aliphatic heterocycles. The first-order valence-electron chi connectivity index (χ1n) is 9.99. The van der Waals surface area contributed by atoms with Crippen LogP contribution in [0.4, 0.5) is 13.2 Å². The lowest BCUT2D eigenvalue weighted by molar-refractivity contribution is -0.274. The normalized spacial score (nSPS) is 23.5. The van der Waals surface area contributed by atoms with Crippen LogP contribution in [0.5, 0.6) is 17.2 Å². The van der Waals surface area contributed by atoms with E-state index in [0.717, 1.165) is 30.5 Å². The molecular weight excluding hydrogens is 397 g/mol. The van der Waals surface area contributed by atoms with Crippen LogP contribution >= 0.6 is 0 Å². The molecule has 2 saturated carbocycles. The summed E-state index contributed by atoms with van der Waals surface area (Å²) in [5.74, 6) is -0.459. The lowest BCUT2D eigenvalue weighted by Crippen LogP contribution is -2.35. The Kier molecular flexibility index (Phi) is 5.30. The minimum Gasteiger partial charge on any atom is -0.457 e. The fraction of sp³-hybridized carbons (Fsp3) is 0.391. The molecule has 30 heavy (non-hydrogen) atoms. The van der Waals surface area contributed by atoms with Gasteiger partial charge in [0.25, 0.3) is 0 Å². The lowest BCUT2D eigenvalue weighted by Gasteiger charge is -2.27. The summed E-state index contributed by atoms with van der Waals surface area (Å²) in [5.41, 5.74) is 1.60. The van der Waals surface area contributed by atoms with Gasteiger partial charge in [-0.15, -0.1) is 13.2 Å². The van der Waals surface area contributed by atoms with Crippen molar-refractivity contribution in [3.05, 3.63) is 53.6 Å². The third kappa shape index (κ3) is 4.06. The maximum Gasteiger partial charge on any atom is 0.573 e. The maximum atomic E-state index is 12.9. The Morgan fingerprint density at radius 2 is 1.47 bits per heavy atom. The molecule has 0 N–H and O–H groups in total. The number of carbonyl (C=O) groups is 2. The third-order valence-corrected chi connectivity index (χ3v) is 5.91. The van der Waals surface area contributed by atoms with Crippen LogP contribution in [0.3, 0.4) is 0 Å². The van der Waals surface area contributed by atoms with E-state index in [1.165, 1.54) is 12.1 Å². The third-order valence-electron chi connectivity index (χ3n) is 5.91. The summed E-state index contributed by atoms with van der Waals surface area (Å²) < 4.78 is 46.5. The van der Waals surface area contributed by atoms with Crippen molar-refractivity contribution < 1.29 is 32.2 Å². The smallest absolute Gasteiger partial charge is 0.457 e. The zero-order valence-electron chi connectivity index (χ0n) is 16.4. The first kappa shape index (κ1) is 20.4. The molecule has 2 aromatic carbocycles. The van der Waals surface area contributed by atoms with Crippen LogP contribution in [0.2, 0.25) is 0 Å². The van der Waals surface area contributed by atoms with E-state index < -0.39 is 12.3 Å². The second-order valence-electron chi connectivity index (χ2n) is 7.78. The van der Waals surface area contributed by atoms with Gasteiger partial charge in [0, 0.05) is 11.8 Å². The van der Waals surface area contributed by atoms with E-state index in [2.05, 4.69) is 4.74 Å². The van der Waals surface area contributed by atoms with Gasteiger partial charge in [-0.2, -0.15) is 0 Å². The summed E-state index contributed by atoms with van der Waals surface area (Å²) in [7, 11) is 0. The van der Waals surface area contributed by atoms with Crippen LogP contribution in [0.1, 0.15) is 43.2 Å². The Balaban J connectivity index is 1.59. The van der Waals surface area contributed by atoms with Crippen LogP contribution in [0.15, 0.2) is 42.5 Å². The molecule has 2 aliphatic carbocycles. The summed E-state index contributed by atoms with van der Waals surface area (Å²) in [5, 5.41) is 0. The molecule has 0 aromatic heterocycles. The highest BCUT2D eigenvalue weighted by Gasteiger charge is 2.47. The van der Waals surface area contributed by atoms with Crippen molar-refractivity contribution in [2.24, 2.45) is 11.8 Å². The number of carbonyl (C=O) groups excluding carboxylic acids is 2. The van der Waals surface area contributed by atoms with Gasteiger partial charge in [0.05, 0.1) is 0 Å². The van der Waals surface area contributed by atoms with Crippen molar-refractivity contribution in [1.82, 2.24) is 0 Å². The van der Waals surface area contributed by atoms with E-state index in [1.54, 1.807) is 12.1 Å². The number of benzene rings is 2. The van der Waals surface area contributed by atoms with E-state index in [0.29, 0.717) is 29.9 Å². The lowest BCUT2D eigenvalue weighted by atomic mass is 9.74. The van der Waals surface area contributed by atoms with Gasteiger partial charge in [-0.25, -0.2) is 0 Å². The van der Waals surface area contributed by atoms with Crippen LogP contribution in [0, 0.1) is 11.8 Å². The molecule has 2 unspecified atom stereocenters. The molecule has 2 bridgehead atoms. The minimum absolute atomic E-state index is 0.00532. The van der Waals surface area contributed by atoms with Crippen molar-refractivity contribution in [2.45, 2.75) is 44.9 Å². The number of ketones is 2. The number of rotatable bonds is 5. The number of alkyl halides is 3. The molecule has 0 spiro atoms. The number of fused-ring (bicyclic) bond motifs is 2. The summed E-state index contributed by atoms with van der Waals surface area (Å²) in [6.45, 7) is 1.96. The van der Waals surface area contributed by atoms with E-state index in [1.807, 2.05) is 13.0 Å². The van der Waals surface area contributed by atoms with Gasteiger partial charge in [-0.3, -0.25) is 9.59 Å². The van der Waals surface area contributed by atoms with E-state index >= 15 is 0 Å². The number of halogens is 3. The molecule has 2 fully saturated rings. The van der Waals surface area contributed by atoms with Crippen molar-refractivity contribution >= 4 is 11.6 Å². The minimum atomic E-state index is -4.76. The monoisotopic (exact) mass is 418 g/mol. The predicted molar refractivity (Wildman–Crippen MR) is 103 cm³/mol. The summed E-state index contributed by atoms with van der Waals surface area (Å²) >= 11 is 0. The van der Waals surface area contributed by atoms with Crippen LogP contribution in [-0.4, -0.2) is 17.9 Å². The SMILES string of the molecule is CCc1ccc(Oc2ccc(OC(F)(F)F)cc2)cc1C1C(=O)C2CCC(C2)C1=O. The Hall–Kier alpha value is -2.83. The first-order chi connectivity index (χ1) is 14.2. The molecule has 4 nitrogen and oxygen atoms in total. The molecule has 158 valence electrons. The fourth-order valence-electron chi connectivity index (χ4n) is 4.49. The zero-order chi connectivity index (χ0) is 21.5. The number of aryl methyl sites for hydroxylation is 1. The zero-order valence-corrected chi connectivity index (χ0v) is 16.4. The van der Waals surface area contributed by atoms with Crippen molar-refractivity contribution in [3.63, 3.8) is 0 Å². The molecule has 0 heterocycles. The molecule has 0 saturated heterocycles.